The quantitative estimate of drug-likeness (QED) is 0.474. The summed E-state index contributed by atoms with van der Waals surface area (Å²) in [7, 11) is 0. The lowest BCUT2D eigenvalue weighted by Gasteiger charge is -2.13. The van der Waals surface area contributed by atoms with Crippen molar-refractivity contribution < 1.29 is 14.6 Å². The van der Waals surface area contributed by atoms with Crippen LogP contribution < -0.4 is 0 Å². The molecule has 0 aromatic carbocycles. The van der Waals surface area contributed by atoms with Crippen LogP contribution in [-0.2, 0) is 9.53 Å². The van der Waals surface area contributed by atoms with Gasteiger partial charge in [0.1, 0.15) is 0 Å². The number of hydrogen-bond donors (Lipinski definition) is 1. The van der Waals surface area contributed by atoms with Gasteiger partial charge in [-0.2, -0.15) is 0 Å². The zero-order valence-electron chi connectivity index (χ0n) is 9.74. The lowest BCUT2D eigenvalue weighted by molar-refractivity contribution is -0.131. The van der Waals surface area contributed by atoms with E-state index in [-0.39, 0.29) is 0 Å². The third-order valence-corrected chi connectivity index (χ3v) is 2.37. The molecule has 88 valence electrons. The summed E-state index contributed by atoms with van der Waals surface area (Å²) in [5, 5.41) is 8.34. The van der Waals surface area contributed by atoms with Crippen LogP contribution in [-0.4, -0.2) is 24.3 Å². The maximum atomic E-state index is 10.2. The lowest BCUT2D eigenvalue weighted by atomic mass is 10.0. The van der Waals surface area contributed by atoms with Crippen molar-refractivity contribution in [2.75, 3.05) is 13.2 Å². The van der Waals surface area contributed by atoms with Crippen LogP contribution in [0.4, 0.5) is 0 Å². The average molecular weight is 214 g/mol. The van der Waals surface area contributed by atoms with Crippen LogP contribution in [0.2, 0.25) is 0 Å². The summed E-state index contributed by atoms with van der Waals surface area (Å²) in [6.07, 6.45) is 7.45. The Morgan fingerprint density at radius 2 is 2.20 bits per heavy atom. The molecule has 0 saturated carbocycles. The Bertz CT molecular complexity index is 187. The minimum atomic E-state index is -0.920. The van der Waals surface area contributed by atoms with E-state index in [0.717, 1.165) is 19.1 Å². The highest BCUT2D eigenvalue weighted by molar-refractivity contribution is 5.79. The molecule has 0 aliphatic rings. The van der Waals surface area contributed by atoms with Crippen LogP contribution in [0.3, 0.4) is 0 Å². The summed E-state index contributed by atoms with van der Waals surface area (Å²) < 4.78 is 5.38. The van der Waals surface area contributed by atoms with E-state index in [2.05, 4.69) is 13.8 Å². The van der Waals surface area contributed by atoms with Crippen LogP contribution in [0, 0.1) is 5.92 Å². The van der Waals surface area contributed by atoms with E-state index < -0.39 is 5.97 Å². The third-order valence-electron chi connectivity index (χ3n) is 2.37. The molecule has 0 bridgehead atoms. The molecule has 0 radical (unpaired) electrons. The zero-order chi connectivity index (χ0) is 11.5. The van der Waals surface area contributed by atoms with Crippen molar-refractivity contribution in [2.24, 2.45) is 5.92 Å². The van der Waals surface area contributed by atoms with Crippen LogP contribution in [0.25, 0.3) is 0 Å². The molecule has 0 rings (SSSR count). The van der Waals surface area contributed by atoms with Crippen molar-refractivity contribution in [1.82, 2.24) is 0 Å². The maximum absolute atomic E-state index is 10.2. The summed E-state index contributed by atoms with van der Waals surface area (Å²) in [5.74, 6) is -0.306. The van der Waals surface area contributed by atoms with Gasteiger partial charge < -0.3 is 9.84 Å². The molecule has 0 aliphatic carbocycles. The molecule has 0 saturated heterocycles. The molecule has 0 amide bonds. The largest absolute Gasteiger partial charge is 0.478 e. The predicted octanol–water partition coefficient (Wildman–Crippen LogP) is 2.86. The first-order valence-corrected chi connectivity index (χ1v) is 5.67. The maximum Gasteiger partial charge on any atom is 0.328 e. The fraction of sp³-hybridized carbons (Fsp3) is 0.750. The number of carboxylic acids is 1. The topological polar surface area (TPSA) is 46.5 Å². The van der Waals surface area contributed by atoms with E-state index in [9.17, 15) is 4.79 Å². The number of carbonyl (C=O) groups is 1. The van der Waals surface area contributed by atoms with Gasteiger partial charge in [-0.25, -0.2) is 4.79 Å². The molecule has 0 aromatic rings. The fourth-order valence-corrected chi connectivity index (χ4v) is 1.35. The zero-order valence-corrected chi connectivity index (χ0v) is 9.74. The molecule has 0 spiro atoms. The molecule has 1 N–H and O–H groups in total. The van der Waals surface area contributed by atoms with E-state index in [1.165, 1.54) is 25.3 Å². The van der Waals surface area contributed by atoms with Crippen molar-refractivity contribution in [3.63, 3.8) is 0 Å². The van der Waals surface area contributed by atoms with Crippen LogP contribution in [0.15, 0.2) is 12.2 Å². The van der Waals surface area contributed by atoms with Gasteiger partial charge >= 0.3 is 5.97 Å². The molecule has 3 nitrogen and oxygen atoms in total. The van der Waals surface area contributed by atoms with E-state index in [4.69, 9.17) is 9.84 Å². The summed E-state index contributed by atoms with van der Waals surface area (Å²) in [6, 6.07) is 0. The fourth-order valence-electron chi connectivity index (χ4n) is 1.35. The van der Waals surface area contributed by atoms with E-state index in [1.54, 1.807) is 0 Å². The molecule has 1 unspecified atom stereocenters. The standard InChI is InChI=1S/C12H22O3/c1-3-5-7-11(4-2)10-15-9-6-8-12(13)14/h6,8,11H,3-5,7,9-10H2,1-2H3,(H,13,14)/b8-6+. The van der Waals surface area contributed by atoms with Crippen molar-refractivity contribution in [3.05, 3.63) is 12.2 Å². The normalized spacial score (nSPS) is 13.2. The van der Waals surface area contributed by atoms with E-state index in [1.807, 2.05) is 0 Å². The first kappa shape index (κ1) is 14.2. The van der Waals surface area contributed by atoms with Crippen LogP contribution in [0.5, 0.6) is 0 Å². The van der Waals surface area contributed by atoms with Gasteiger partial charge in [-0.05, 0) is 12.3 Å². The van der Waals surface area contributed by atoms with Crippen molar-refractivity contribution in [1.29, 1.82) is 0 Å². The molecule has 1 atom stereocenters. The number of aliphatic carboxylic acids is 1. The van der Waals surface area contributed by atoms with E-state index >= 15 is 0 Å². The van der Waals surface area contributed by atoms with Gasteiger partial charge in [0, 0.05) is 12.7 Å². The molecule has 0 heterocycles. The Labute approximate surface area is 92.1 Å². The number of ether oxygens (including phenoxy) is 1. The minimum Gasteiger partial charge on any atom is -0.478 e. The van der Waals surface area contributed by atoms with Crippen molar-refractivity contribution in [3.8, 4) is 0 Å². The Morgan fingerprint density at radius 1 is 1.47 bits per heavy atom. The summed E-state index contributed by atoms with van der Waals surface area (Å²) in [4.78, 5) is 10.2. The Kier molecular flexibility index (Phi) is 9.18. The summed E-state index contributed by atoms with van der Waals surface area (Å²) in [6.45, 7) is 5.48. The third kappa shape index (κ3) is 9.47. The number of carboxylic acid groups (broad SMARTS) is 1. The monoisotopic (exact) mass is 214 g/mol. The predicted molar refractivity (Wildman–Crippen MR) is 60.9 cm³/mol. The number of rotatable bonds is 9. The van der Waals surface area contributed by atoms with E-state index in [0.29, 0.717) is 12.5 Å². The van der Waals surface area contributed by atoms with Gasteiger partial charge in [-0.3, -0.25) is 0 Å². The molecular weight excluding hydrogens is 192 g/mol. The SMILES string of the molecule is CCCCC(CC)COC/C=C/C(=O)O. The second-order valence-corrected chi connectivity index (χ2v) is 3.69. The van der Waals surface area contributed by atoms with Gasteiger partial charge in [0.05, 0.1) is 6.61 Å². The minimum absolute atomic E-state index is 0.398. The highest BCUT2D eigenvalue weighted by atomic mass is 16.5. The summed E-state index contributed by atoms with van der Waals surface area (Å²) in [5.41, 5.74) is 0. The smallest absolute Gasteiger partial charge is 0.328 e. The van der Waals surface area contributed by atoms with Gasteiger partial charge in [-0.1, -0.05) is 39.2 Å². The molecule has 15 heavy (non-hydrogen) atoms. The Hall–Kier alpha value is -0.830. The molecule has 0 fully saturated rings. The summed E-state index contributed by atoms with van der Waals surface area (Å²) >= 11 is 0. The van der Waals surface area contributed by atoms with Gasteiger partial charge in [0.2, 0.25) is 0 Å². The first-order valence-electron chi connectivity index (χ1n) is 5.67. The second kappa shape index (κ2) is 9.71. The molecule has 0 aromatic heterocycles. The van der Waals surface area contributed by atoms with Gasteiger partial charge in [-0.15, -0.1) is 0 Å². The number of unbranched alkanes of at least 4 members (excludes halogenated alkanes) is 1. The average Bonchev–Trinajstić information content (AvgIpc) is 2.21. The lowest BCUT2D eigenvalue weighted by Crippen LogP contribution is -2.09. The van der Waals surface area contributed by atoms with Crippen LogP contribution in [0.1, 0.15) is 39.5 Å². The number of hydrogen-bond acceptors (Lipinski definition) is 2. The molecular formula is C12H22O3. The highest BCUT2D eigenvalue weighted by Gasteiger charge is 2.04. The molecule has 0 aliphatic heterocycles. The van der Waals surface area contributed by atoms with Crippen molar-refractivity contribution >= 4 is 5.97 Å². The Morgan fingerprint density at radius 3 is 2.73 bits per heavy atom. The molecule has 3 heteroatoms. The van der Waals surface area contributed by atoms with Gasteiger partial charge in [0.15, 0.2) is 0 Å². The first-order chi connectivity index (χ1) is 7.20. The van der Waals surface area contributed by atoms with Crippen molar-refractivity contribution in [2.45, 2.75) is 39.5 Å². The second-order valence-electron chi connectivity index (χ2n) is 3.69. The Balaban J connectivity index is 3.49. The van der Waals surface area contributed by atoms with Crippen LogP contribution >= 0.6 is 0 Å². The van der Waals surface area contributed by atoms with Gasteiger partial charge in [0.25, 0.3) is 0 Å². The highest BCUT2D eigenvalue weighted by Crippen LogP contribution is 2.12.